The van der Waals surface area contributed by atoms with Crippen molar-refractivity contribution >= 4 is 11.4 Å². The second-order valence-corrected chi connectivity index (χ2v) is 4.93. The largest absolute Gasteiger partial charge is 0.433 e. The van der Waals surface area contributed by atoms with E-state index in [-0.39, 0.29) is 18.0 Å². The topological polar surface area (TPSA) is 71.2 Å². The van der Waals surface area contributed by atoms with Crippen LogP contribution in [0.4, 0.5) is 24.5 Å². The minimum Gasteiger partial charge on any atom is -0.396 e. The summed E-state index contributed by atoms with van der Waals surface area (Å²) in [5.74, 6) is 0. The zero-order chi connectivity index (χ0) is 14.1. The molecule has 1 aliphatic carbocycles. The number of halogens is 3. The van der Waals surface area contributed by atoms with Crippen molar-refractivity contribution in [3.8, 4) is 0 Å². The summed E-state index contributed by atoms with van der Waals surface area (Å²) < 4.78 is 37.8. The highest BCUT2D eigenvalue weighted by molar-refractivity contribution is 5.66. The van der Waals surface area contributed by atoms with Gasteiger partial charge in [-0.15, -0.1) is 0 Å². The molecule has 0 bridgehead atoms. The number of nitrogens with one attached hydrogen (secondary N) is 1. The van der Waals surface area contributed by atoms with Gasteiger partial charge in [0.1, 0.15) is 5.69 Å². The SMILES string of the molecule is Nc1cnc(C(F)(F)F)cc1NC1(CO)CCCC1. The number of nitrogen functional groups attached to an aromatic ring is 1. The quantitative estimate of drug-likeness (QED) is 0.792. The van der Waals surface area contributed by atoms with E-state index in [9.17, 15) is 18.3 Å². The van der Waals surface area contributed by atoms with Crippen molar-refractivity contribution in [2.45, 2.75) is 37.4 Å². The lowest BCUT2D eigenvalue weighted by Gasteiger charge is -2.30. The van der Waals surface area contributed by atoms with Gasteiger partial charge >= 0.3 is 6.18 Å². The Hall–Kier alpha value is -1.50. The van der Waals surface area contributed by atoms with Gasteiger partial charge in [0.05, 0.1) is 29.7 Å². The molecule has 1 saturated carbocycles. The Morgan fingerprint density at radius 1 is 1.37 bits per heavy atom. The van der Waals surface area contributed by atoms with Crippen LogP contribution in [0.25, 0.3) is 0 Å². The fourth-order valence-corrected chi connectivity index (χ4v) is 2.39. The second kappa shape index (κ2) is 4.88. The van der Waals surface area contributed by atoms with Crippen molar-refractivity contribution in [2.75, 3.05) is 17.7 Å². The number of hydrogen-bond donors (Lipinski definition) is 3. The normalized spacial score (nSPS) is 18.5. The molecule has 1 fully saturated rings. The number of aliphatic hydroxyl groups is 1. The molecule has 0 unspecified atom stereocenters. The van der Waals surface area contributed by atoms with Crippen molar-refractivity contribution in [2.24, 2.45) is 0 Å². The molecule has 0 amide bonds. The highest BCUT2D eigenvalue weighted by Gasteiger charge is 2.36. The molecule has 0 spiro atoms. The molecule has 4 nitrogen and oxygen atoms in total. The lowest BCUT2D eigenvalue weighted by atomic mass is 9.98. The molecule has 0 radical (unpaired) electrons. The molecule has 2 rings (SSSR count). The third-order valence-electron chi connectivity index (χ3n) is 3.49. The molecule has 1 aromatic rings. The van der Waals surface area contributed by atoms with Gasteiger partial charge in [-0.25, -0.2) is 4.98 Å². The Balaban J connectivity index is 2.29. The number of aromatic nitrogens is 1. The highest BCUT2D eigenvalue weighted by Crippen LogP contribution is 2.36. The van der Waals surface area contributed by atoms with Crippen LogP contribution in [0.5, 0.6) is 0 Å². The first-order chi connectivity index (χ1) is 8.86. The Kier molecular flexibility index (Phi) is 3.58. The number of anilines is 2. The molecule has 1 aromatic heterocycles. The number of hydrogen-bond acceptors (Lipinski definition) is 4. The van der Waals surface area contributed by atoms with Crippen molar-refractivity contribution in [3.05, 3.63) is 18.0 Å². The highest BCUT2D eigenvalue weighted by atomic mass is 19.4. The minimum absolute atomic E-state index is 0.129. The van der Waals surface area contributed by atoms with Gasteiger partial charge in [-0.1, -0.05) is 12.8 Å². The van der Waals surface area contributed by atoms with E-state index < -0.39 is 17.4 Å². The molecule has 1 heterocycles. The van der Waals surface area contributed by atoms with E-state index in [1.807, 2.05) is 0 Å². The van der Waals surface area contributed by atoms with E-state index in [1.165, 1.54) is 0 Å². The zero-order valence-electron chi connectivity index (χ0n) is 10.3. The predicted molar refractivity (Wildman–Crippen MR) is 65.6 cm³/mol. The average Bonchev–Trinajstić information content (AvgIpc) is 2.80. The number of aliphatic hydroxyl groups excluding tert-OH is 1. The van der Waals surface area contributed by atoms with Crippen LogP contribution in [0.2, 0.25) is 0 Å². The van der Waals surface area contributed by atoms with Gasteiger partial charge in [0, 0.05) is 0 Å². The van der Waals surface area contributed by atoms with Gasteiger partial charge in [-0.05, 0) is 18.9 Å². The standard InChI is InChI=1S/C12H16F3N3O/c13-12(14,15)10-5-9(8(16)6-17-10)18-11(7-19)3-1-2-4-11/h5-6,19H,1-4,7,16H2,(H,17,18). The van der Waals surface area contributed by atoms with Gasteiger partial charge in [-0.3, -0.25) is 0 Å². The Morgan fingerprint density at radius 2 is 2.00 bits per heavy atom. The molecule has 7 heteroatoms. The first-order valence-corrected chi connectivity index (χ1v) is 6.08. The molecule has 0 atom stereocenters. The van der Waals surface area contributed by atoms with Crippen LogP contribution in [0, 0.1) is 0 Å². The van der Waals surface area contributed by atoms with Gasteiger partial charge in [0.2, 0.25) is 0 Å². The molecule has 106 valence electrons. The smallest absolute Gasteiger partial charge is 0.396 e. The summed E-state index contributed by atoms with van der Waals surface area (Å²) in [7, 11) is 0. The van der Waals surface area contributed by atoms with Crippen LogP contribution < -0.4 is 11.1 Å². The van der Waals surface area contributed by atoms with Gasteiger partial charge in [0.15, 0.2) is 0 Å². The van der Waals surface area contributed by atoms with E-state index in [0.29, 0.717) is 12.8 Å². The summed E-state index contributed by atoms with van der Waals surface area (Å²) in [5.41, 5.74) is 4.41. The van der Waals surface area contributed by atoms with Crippen LogP contribution in [0.15, 0.2) is 12.3 Å². The number of rotatable bonds is 3. The molecule has 1 aliphatic rings. The first-order valence-electron chi connectivity index (χ1n) is 6.08. The van der Waals surface area contributed by atoms with Crippen molar-refractivity contribution in [1.29, 1.82) is 0 Å². The second-order valence-electron chi connectivity index (χ2n) is 4.93. The summed E-state index contributed by atoms with van der Waals surface area (Å²) in [6.45, 7) is -0.129. The lowest BCUT2D eigenvalue weighted by Crippen LogP contribution is -2.39. The van der Waals surface area contributed by atoms with E-state index in [2.05, 4.69) is 10.3 Å². The molecule has 4 N–H and O–H groups in total. The maximum absolute atomic E-state index is 12.6. The zero-order valence-corrected chi connectivity index (χ0v) is 10.3. The summed E-state index contributed by atoms with van der Waals surface area (Å²) in [6, 6.07) is 0.894. The summed E-state index contributed by atoms with van der Waals surface area (Å²) >= 11 is 0. The molecule has 19 heavy (non-hydrogen) atoms. The predicted octanol–water partition coefficient (Wildman–Crippen LogP) is 2.40. The molecule has 0 aromatic carbocycles. The molecular formula is C12H16F3N3O. The number of alkyl halides is 3. The van der Waals surface area contributed by atoms with Crippen LogP contribution >= 0.6 is 0 Å². The summed E-state index contributed by atoms with van der Waals surface area (Å²) in [4.78, 5) is 3.28. The van der Waals surface area contributed by atoms with Crippen LogP contribution in [0.3, 0.4) is 0 Å². The first kappa shape index (κ1) is 13.9. The van der Waals surface area contributed by atoms with Crippen molar-refractivity contribution in [3.63, 3.8) is 0 Å². The maximum atomic E-state index is 12.6. The fraction of sp³-hybridized carbons (Fsp3) is 0.583. The Bertz CT molecular complexity index is 456. The van der Waals surface area contributed by atoms with E-state index in [4.69, 9.17) is 5.73 Å². The fourth-order valence-electron chi connectivity index (χ4n) is 2.39. The van der Waals surface area contributed by atoms with Crippen LogP contribution in [-0.4, -0.2) is 22.2 Å². The Morgan fingerprint density at radius 3 is 2.53 bits per heavy atom. The van der Waals surface area contributed by atoms with Crippen molar-refractivity contribution < 1.29 is 18.3 Å². The number of nitrogens with two attached hydrogens (primary N) is 1. The van der Waals surface area contributed by atoms with E-state index >= 15 is 0 Å². The van der Waals surface area contributed by atoms with E-state index in [1.54, 1.807) is 0 Å². The summed E-state index contributed by atoms with van der Waals surface area (Å²) in [6.07, 6.45) is -0.216. The van der Waals surface area contributed by atoms with Gasteiger partial charge in [-0.2, -0.15) is 13.2 Å². The molecule has 0 aliphatic heterocycles. The average molecular weight is 275 g/mol. The monoisotopic (exact) mass is 275 g/mol. The van der Waals surface area contributed by atoms with E-state index in [0.717, 1.165) is 25.1 Å². The third kappa shape index (κ3) is 2.91. The van der Waals surface area contributed by atoms with Crippen LogP contribution in [0.1, 0.15) is 31.4 Å². The van der Waals surface area contributed by atoms with Crippen molar-refractivity contribution in [1.82, 2.24) is 4.98 Å². The minimum atomic E-state index is -4.51. The molecule has 0 saturated heterocycles. The maximum Gasteiger partial charge on any atom is 0.433 e. The van der Waals surface area contributed by atoms with Gasteiger partial charge < -0.3 is 16.2 Å². The number of nitrogens with zero attached hydrogens (tertiary/aromatic N) is 1. The number of pyridine rings is 1. The lowest BCUT2D eigenvalue weighted by molar-refractivity contribution is -0.141. The third-order valence-corrected chi connectivity index (χ3v) is 3.49. The Labute approximate surface area is 108 Å². The van der Waals surface area contributed by atoms with Gasteiger partial charge in [0.25, 0.3) is 0 Å². The van der Waals surface area contributed by atoms with Crippen LogP contribution in [-0.2, 0) is 6.18 Å². The summed E-state index contributed by atoms with van der Waals surface area (Å²) in [5, 5.41) is 12.4. The molecular weight excluding hydrogens is 259 g/mol.